The number of anilines is 1. The fraction of sp³-hybridized carbons (Fsp3) is 0.235. The second-order valence-electron chi connectivity index (χ2n) is 5.50. The molecule has 0 saturated heterocycles. The van der Waals surface area contributed by atoms with E-state index in [1.54, 1.807) is 6.92 Å². The average molecular weight is 358 g/mol. The maximum atomic E-state index is 13.6. The van der Waals surface area contributed by atoms with Crippen molar-refractivity contribution < 1.29 is 26.7 Å². The van der Waals surface area contributed by atoms with Gasteiger partial charge in [-0.05, 0) is 43.7 Å². The van der Waals surface area contributed by atoms with Gasteiger partial charge in [0.2, 0.25) is 5.91 Å². The molecule has 0 radical (unpaired) electrons. The van der Waals surface area contributed by atoms with Gasteiger partial charge >= 0.3 is 0 Å². The van der Waals surface area contributed by atoms with Crippen LogP contribution in [0.4, 0.5) is 27.6 Å². The van der Waals surface area contributed by atoms with Crippen LogP contribution in [-0.2, 0) is 4.79 Å². The quantitative estimate of drug-likeness (QED) is 0.625. The average Bonchev–Trinajstić information content (AvgIpc) is 2.57. The summed E-state index contributed by atoms with van der Waals surface area (Å²) in [5.41, 5.74) is -0.101. The highest BCUT2D eigenvalue weighted by molar-refractivity contribution is 5.94. The molecule has 2 N–H and O–H groups in total. The second kappa shape index (κ2) is 7.60. The van der Waals surface area contributed by atoms with Crippen LogP contribution in [0.1, 0.15) is 25.5 Å². The maximum absolute atomic E-state index is 13.6. The predicted molar refractivity (Wildman–Crippen MR) is 82.3 cm³/mol. The van der Waals surface area contributed by atoms with Gasteiger partial charge in [-0.15, -0.1) is 0 Å². The molecule has 2 rings (SSSR count). The molecule has 3 nitrogen and oxygen atoms in total. The van der Waals surface area contributed by atoms with Crippen molar-refractivity contribution in [2.75, 3.05) is 5.32 Å². The predicted octanol–water partition coefficient (Wildman–Crippen LogP) is 4.06. The molecule has 0 fully saturated rings. The standard InChI is InChI=1S/C17H15F5N2O/c1-8(10-3-4-11(18)13(20)7-10)23-9(2)17(25)24-14-6-5-12(19)15(21)16(14)22/h3-9,23H,1-2H3,(H,24,25)/t8-,9-/m0/s1. The van der Waals surface area contributed by atoms with Gasteiger partial charge in [0.25, 0.3) is 0 Å². The monoisotopic (exact) mass is 358 g/mol. The molecule has 25 heavy (non-hydrogen) atoms. The van der Waals surface area contributed by atoms with Gasteiger partial charge in [-0.1, -0.05) is 6.07 Å². The summed E-state index contributed by atoms with van der Waals surface area (Å²) in [7, 11) is 0. The highest BCUT2D eigenvalue weighted by Gasteiger charge is 2.20. The third-order valence-corrected chi connectivity index (χ3v) is 3.63. The van der Waals surface area contributed by atoms with Crippen molar-refractivity contribution >= 4 is 11.6 Å². The van der Waals surface area contributed by atoms with Gasteiger partial charge in [0.15, 0.2) is 29.1 Å². The molecule has 0 bridgehead atoms. The van der Waals surface area contributed by atoms with Crippen LogP contribution in [0, 0.1) is 29.1 Å². The number of halogens is 5. The van der Waals surface area contributed by atoms with Crippen LogP contribution in [0.2, 0.25) is 0 Å². The van der Waals surface area contributed by atoms with Crippen LogP contribution >= 0.6 is 0 Å². The Kier molecular flexibility index (Phi) is 5.73. The van der Waals surface area contributed by atoms with E-state index >= 15 is 0 Å². The SMILES string of the molecule is C[C@H](N[C@@H](C)c1ccc(F)c(F)c1)C(=O)Nc1ccc(F)c(F)c1F. The van der Waals surface area contributed by atoms with Crippen molar-refractivity contribution in [2.24, 2.45) is 0 Å². The molecule has 0 saturated carbocycles. The molecule has 2 aromatic carbocycles. The minimum Gasteiger partial charge on any atom is -0.322 e. The number of rotatable bonds is 5. The van der Waals surface area contributed by atoms with Crippen molar-refractivity contribution in [1.82, 2.24) is 5.32 Å². The van der Waals surface area contributed by atoms with Gasteiger partial charge in [-0.3, -0.25) is 10.1 Å². The summed E-state index contributed by atoms with van der Waals surface area (Å²) in [5, 5.41) is 4.96. The van der Waals surface area contributed by atoms with Crippen LogP contribution in [0.25, 0.3) is 0 Å². The number of amides is 1. The number of carbonyl (C=O) groups is 1. The molecular weight excluding hydrogens is 343 g/mol. The Morgan fingerprint density at radius 1 is 0.880 bits per heavy atom. The van der Waals surface area contributed by atoms with Gasteiger partial charge in [0, 0.05) is 6.04 Å². The minimum atomic E-state index is -1.69. The fourth-order valence-electron chi connectivity index (χ4n) is 2.19. The zero-order valence-electron chi connectivity index (χ0n) is 13.3. The third-order valence-electron chi connectivity index (χ3n) is 3.63. The normalized spacial score (nSPS) is 13.4. The number of hydrogen-bond donors (Lipinski definition) is 2. The Bertz CT molecular complexity index is 797. The Morgan fingerprint density at radius 3 is 2.16 bits per heavy atom. The molecule has 2 aromatic rings. The molecule has 0 spiro atoms. The lowest BCUT2D eigenvalue weighted by Gasteiger charge is -2.20. The molecule has 0 unspecified atom stereocenters. The lowest BCUT2D eigenvalue weighted by Crippen LogP contribution is -2.39. The van der Waals surface area contributed by atoms with Crippen molar-refractivity contribution in [2.45, 2.75) is 25.9 Å². The Balaban J connectivity index is 2.05. The van der Waals surface area contributed by atoms with E-state index in [-0.39, 0.29) is 0 Å². The summed E-state index contributed by atoms with van der Waals surface area (Å²) in [4.78, 5) is 12.1. The molecule has 8 heteroatoms. The van der Waals surface area contributed by atoms with Gasteiger partial charge < -0.3 is 5.32 Å². The molecule has 0 aromatic heterocycles. The van der Waals surface area contributed by atoms with Crippen LogP contribution in [0.5, 0.6) is 0 Å². The summed E-state index contributed by atoms with van der Waals surface area (Å²) in [6.45, 7) is 3.07. The van der Waals surface area contributed by atoms with Crippen molar-refractivity contribution in [3.8, 4) is 0 Å². The summed E-state index contributed by atoms with van der Waals surface area (Å²) in [5.74, 6) is -7.28. The lowest BCUT2D eigenvalue weighted by molar-refractivity contribution is -0.118. The number of benzene rings is 2. The van der Waals surface area contributed by atoms with E-state index in [9.17, 15) is 26.7 Å². The van der Waals surface area contributed by atoms with Crippen molar-refractivity contribution in [3.05, 3.63) is 65.0 Å². The largest absolute Gasteiger partial charge is 0.322 e. The van der Waals surface area contributed by atoms with E-state index in [1.807, 2.05) is 0 Å². The third kappa shape index (κ3) is 4.33. The van der Waals surface area contributed by atoms with Crippen LogP contribution in [0.3, 0.4) is 0 Å². The molecular formula is C17H15F5N2O. The van der Waals surface area contributed by atoms with E-state index in [4.69, 9.17) is 0 Å². The summed E-state index contributed by atoms with van der Waals surface area (Å²) in [6.07, 6.45) is 0. The number of carbonyl (C=O) groups excluding carboxylic acids is 1. The van der Waals surface area contributed by atoms with Crippen molar-refractivity contribution in [1.29, 1.82) is 0 Å². The van der Waals surface area contributed by atoms with E-state index in [0.717, 1.165) is 18.2 Å². The van der Waals surface area contributed by atoms with Crippen LogP contribution in [-0.4, -0.2) is 11.9 Å². The van der Waals surface area contributed by atoms with Crippen molar-refractivity contribution in [3.63, 3.8) is 0 Å². The maximum Gasteiger partial charge on any atom is 0.241 e. The van der Waals surface area contributed by atoms with Crippen LogP contribution in [0.15, 0.2) is 30.3 Å². The van der Waals surface area contributed by atoms with Crippen LogP contribution < -0.4 is 10.6 Å². The molecule has 0 heterocycles. The van der Waals surface area contributed by atoms with Gasteiger partial charge in [-0.25, -0.2) is 22.0 Å². The molecule has 0 aliphatic heterocycles. The van der Waals surface area contributed by atoms with E-state index in [2.05, 4.69) is 10.6 Å². The minimum absolute atomic E-state index is 0.401. The summed E-state index contributed by atoms with van der Waals surface area (Å²) < 4.78 is 65.8. The van der Waals surface area contributed by atoms with Gasteiger partial charge in [-0.2, -0.15) is 0 Å². The summed E-state index contributed by atoms with van der Waals surface area (Å²) in [6, 6.07) is 3.50. The highest BCUT2D eigenvalue weighted by Crippen LogP contribution is 2.20. The summed E-state index contributed by atoms with van der Waals surface area (Å²) >= 11 is 0. The first kappa shape index (κ1) is 18.9. The highest BCUT2D eigenvalue weighted by atomic mass is 19.2. The van der Waals surface area contributed by atoms with Gasteiger partial charge in [0.05, 0.1) is 11.7 Å². The fourth-order valence-corrected chi connectivity index (χ4v) is 2.19. The molecule has 0 aliphatic carbocycles. The number of nitrogens with one attached hydrogen (secondary N) is 2. The topological polar surface area (TPSA) is 41.1 Å². The Morgan fingerprint density at radius 2 is 1.52 bits per heavy atom. The number of hydrogen-bond acceptors (Lipinski definition) is 2. The molecule has 0 aliphatic rings. The molecule has 1 amide bonds. The first-order valence-corrected chi connectivity index (χ1v) is 7.36. The van der Waals surface area contributed by atoms with E-state index in [0.29, 0.717) is 11.6 Å². The first-order chi connectivity index (χ1) is 11.7. The molecule has 134 valence electrons. The van der Waals surface area contributed by atoms with Gasteiger partial charge in [0.1, 0.15) is 0 Å². The zero-order valence-corrected chi connectivity index (χ0v) is 13.3. The smallest absolute Gasteiger partial charge is 0.241 e. The first-order valence-electron chi connectivity index (χ1n) is 7.36. The zero-order chi connectivity index (χ0) is 18.7. The van der Waals surface area contributed by atoms with E-state index < -0.39 is 52.8 Å². The Hall–Kier alpha value is -2.48. The lowest BCUT2D eigenvalue weighted by atomic mass is 10.1. The molecule has 2 atom stereocenters. The Labute approximate surface area is 140 Å². The second-order valence-corrected chi connectivity index (χ2v) is 5.50. The van der Waals surface area contributed by atoms with E-state index in [1.165, 1.54) is 13.0 Å².